The van der Waals surface area contributed by atoms with Crippen LogP contribution in [0.15, 0.2) is 29.0 Å². The highest BCUT2D eigenvalue weighted by Gasteiger charge is 2.47. The Hall–Kier alpha value is -1.64. The van der Waals surface area contributed by atoms with Gasteiger partial charge in [0.05, 0.1) is 0 Å². The van der Waals surface area contributed by atoms with Crippen LogP contribution in [0, 0.1) is 0 Å². The molecule has 0 aromatic rings. The summed E-state index contributed by atoms with van der Waals surface area (Å²) >= 11 is 0. The highest BCUT2D eigenvalue weighted by molar-refractivity contribution is 7.90. The number of halogens is 3. The van der Waals surface area contributed by atoms with Gasteiger partial charge < -0.3 is 4.74 Å². The molecule has 1 heterocycles. The molecule has 6 nitrogen and oxygen atoms in total. The second-order valence-corrected chi connectivity index (χ2v) is 7.38. The number of sulfonamides is 1. The van der Waals surface area contributed by atoms with Crippen LogP contribution >= 0.6 is 0 Å². The third kappa shape index (κ3) is 3.82. The van der Waals surface area contributed by atoms with E-state index < -0.39 is 33.4 Å². The number of nitrogens with zero attached hydrogens (tertiary/aromatic N) is 2. The van der Waals surface area contributed by atoms with Gasteiger partial charge in [0.1, 0.15) is 5.76 Å². The zero-order valence-corrected chi connectivity index (χ0v) is 12.9. The molecule has 10 heteroatoms. The predicted octanol–water partition coefficient (Wildman–Crippen LogP) is 2.21. The Morgan fingerprint density at radius 1 is 1.26 bits per heavy atom. The molecule has 1 atom stereocenters. The standard InChI is InChI=1S/C13H15F3N2O4S/c14-13(15,16)22-11-4-6-12(7-5-11,17-10-19)23(20,21)18-8-2-1-3-9-18/h4-6H,1-3,7-9H2. The molecule has 0 spiro atoms. The molecule has 128 valence electrons. The van der Waals surface area contributed by atoms with Gasteiger partial charge in [-0.05, 0) is 31.1 Å². The fourth-order valence-corrected chi connectivity index (χ4v) is 4.42. The van der Waals surface area contributed by atoms with Crippen molar-refractivity contribution in [2.45, 2.75) is 36.9 Å². The summed E-state index contributed by atoms with van der Waals surface area (Å²) in [6.07, 6.45) is 0.931. The molecule has 1 unspecified atom stereocenters. The van der Waals surface area contributed by atoms with E-state index in [-0.39, 0.29) is 0 Å². The predicted molar refractivity (Wildman–Crippen MR) is 74.2 cm³/mol. The molecule has 0 radical (unpaired) electrons. The Morgan fingerprint density at radius 3 is 2.39 bits per heavy atom. The smallest absolute Gasteiger partial charge is 0.406 e. The van der Waals surface area contributed by atoms with Gasteiger partial charge in [0.25, 0.3) is 0 Å². The topological polar surface area (TPSA) is 76.0 Å². The molecule has 1 saturated heterocycles. The average Bonchev–Trinajstić information content (AvgIpc) is 2.49. The molecule has 1 fully saturated rings. The number of carbonyl (C=O) groups excluding carboxylic acids is 1. The van der Waals surface area contributed by atoms with Crippen molar-refractivity contribution in [3.05, 3.63) is 24.0 Å². The maximum absolute atomic E-state index is 12.8. The Kier molecular flexibility index (Phi) is 4.98. The molecule has 1 aliphatic carbocycles. The van der Waals surface area contributed by atoms with Gasteiger partial charge in [0.15, 0.2) is 0 Å². The second kappa shape index (κ2) is 6.46. The molecule has 2 aliphatic rings. The number of ether oxygens (including phenoxy) is 1. The molecular formula is C13H15F3N2O4S. The van der Waals surface area contributed by atoms with Crippen molar-refractivity contribution in [2.75, 3.05) is 13.1 Å². The van der Waals surface area contributed by atoms with E-state index in [1.807, 2.05) is 0 Å². The van der Waals surface area contributed by atoms with Crippen molar-refractivity contribution in [1.82, 2.24) is 4.31 Å². The number of piperidine rings is 1. The largest absolute Gasteiger partial charge is 0.573 e. The van der Waals surface area contributed by atoms with Gasteiger partial charge >= 0.3 is 6.36 Å². The van der Waals surface area contributed by atoms with E-state index in [9.17, 15) is 26.4 Å². The summed E-state index contributed by atoms with van der Waals surface area (Å²) in [5.41, 5.74) is 0. The monoisotopic (exact) mass is 352 g/mol. The normalized spacial score (nSPS) is 26.3. The van der Waals surface area contributed by atoms with Crippen LogP contribution in [0.25, 0.3) is 0 Å². The molecule has 1 aliphatic heterocycles. The van der Waals surface area contributed by atoms with Crippen LogP contribution < -0.4 is 0 Å². The number of hydrogen-bond acceptors (Lipinski definition) is 5. The zero-order valence-electron chi connectivity index (χ0n) is 12.0. The Labute approximate surface area is 131 Å². The molecule has 0 saturated carbocycles. The summed E-state index contributed by atoms with van der Waals surface area (Å²) in [7, 11) is -4.04. The van der Waals surface area contributed by atoms with E-state index in [1.165, 1.54) is 10.4 Å². The molecule has 0 aromatic carbocycles. The molecule has 23 heavy (non-hydrogen) atoms. The maximum atomic E-state index is 12.8. The lowest BCUT2D eigenvalue weighted by Gasteiger charge is -2.34. The fraction of sp³-hybridized carbons (Fsp3) is 0.615. The van der Waals surface area contributed by atoms with Crippen LogP contribution in [0.5, 0.6) is 0 Å². The second-order valence-electron chi connectivity index (χ2n) is 5.20. The van der Waals surface area contributed by atoms with Gasteiger partial charge in [-0.1, -0.05) is 6.42 Å². The fourth-order valence-electron chi connectivity index (χ4n) is 2.54. The summed E-state index contributed by atoms with van der Waals surface area (Å²) in [5, 5.41) is 0. The minimum atomic E-state index is -4.88. The molecule has 0 bridgehead atoms. The molecular weight excluding hydrogens is 337 g/mol. The average molecular weight is 352 g/mol. The SMILES string of the molecule is O=C=NC1(S(=O)(=O)N2CCCCC2)C=CC(OC(F)(F)F)=CC1. The van der Waals surface area contributed by atoms with E-state index >= 15 is 0 Å². The van der Waals surface area contributed by atoms with Crippen molar-refractivity contribution in [3.8, 4) is 0 Å². The van der Waals surface area contributed by atoms with Crippen molar-refractivity contribution < 1.29 is 31.1 Å². The number of allylic oxidation sites excluding steroid dienone is 1. The minimum absolute atomic E-state index is 0.294. The van der Waals surface area contributed by atoms with E-state index in [4.69, 9.17) is 0 Å². The lowest BCUT2D eigenvalue weighted by Crippen LogP contribution is -2.48. The summed E-state index contributed by atoms with van der Waals surface area (Å²) in [5.74, 6) is -0.539. The first kappa shape index (κ1) is 17.7. The van der Waals surface area contributed by atoms with Crippen molar-refractivity contribution in [3.63, 3.8) is 0 Å². The van der Waals surface area contributed by atoms with Gasteiger partial charge in [0, 0.05) is 19.5 Å². The van der Waals surface area contributed by atoms with E-state index in [0.29, 0.717) is 25.9 Å². The third-order valence-electron chi connectivity index (χ3n) is 3.67. The summed E-state index contributed by atoms with van der Waals surface area (Å²) in [6.45, 7) is 0.587. The van der Waals surface area contributed by atoms with Gasteiger partial charge in [-0.25, -0.2) is 13.2 Å². The number of aliphatic imine (C=N–C) groups is 1. The van der Waals surface area contributed by atoms with Gasteiger partial charge in [-0.15, -0.1) is 13.2 Å². The van der Waals surface area contributed by atoms with Crippen molar-refractivity contribution in [1.29, 1.82) is 0 Å². The van der Waals surface area contributed by atoms with Crippen LogP contribution in [-0.2, 0) is 19.6 Å². The van der Waals surface area contributed by atoms with Crippen molar-refractivity contribution >= 4 is 16.1 Å². The maximum Gasteiger partial charge on any atom is 0.573 e. The van der Waals surface area contributed by atoms with Crippen LogP contribution in [0.3, 0.4) is 0 Å². The summed E-state index contributed by atoms with van der Waals surface area (Å²) < 4.78 is 67.0. The molecule has 0 amide bonds. The van der Waals surface area contributed by atoms with Gasteiger partial charge in [-0.2, -0.15) is 9.30 Å². The van der Waals surface area contributed by atoms with Gasteiger partial charge in [0.2, 0.25) is 21.0 Å². The van der Waals surface area contributed by atoms with Gasteiger partial charge in [-0.3, -0.25) is 0 Å². The quantitative estimate of drug-likeness (QED) is 0.574. The van der Waals surface area contributed by atoms with E-state index in [1.54, 1.807) is 0 Å². The summed E-state index contributed by atoms with van der Waals surface area (Å²) in [4.78, 5) is 12.1. The summed E-state index contributed by atoms with van der Waals surface area (Å²) in [6, 6.07) is 0. The number of alkyl halides is 3. The molecule has 0 aromatic heterocycles. The Morgan fingerprint density at radius 2 is 1.91 bits per heavy atom. The third-order valence-corrected chi connectivity index (χ3v) is 6.01. The number of rotatable bonds is 4. The van der Waals surface area contributed by atoms with Crippen LogP contribution in [-0.4, -0.2) is 43.1 Å². The Balaban J connectivity index is 2.29. The number of isocyanates is 1. The van der Waals surface area contributed by atoms with E-state index in [0.717, 1.165) is 24.6 Å². The highest BCUT2D eigenvalue weighted by Crippen LogP contribution is 2.35. The minimum Gasteiger partial charge on any atom is -0.406 e. The van der Waals surface area contributed by atoms with Crippen molar-refractivity contribution in [2.24, 2.45) is 4.99 Å². The first-order valence-corrected chi connectivity index (χ1v) is 8.38. The number of hydrogen-bond donors (Lipinski definition) is 0. The lowest BCUT2D eigenvalue weighted by molar-refractivity contribution is -0.303. The zero-order chi connectivity index (χ0) is 17.1. The first-order valence-electron chi connectivity index (χ1n) is 6.94. The Bertz CT molecular complexity index is 659. The van der Waals surface area contributed by atoms with Crippen LogP contribution in [0.1, 0.15) is 25.7 Å². The highest BCUT2D eigenvalue weighted by atomic mass is 32.2. The lowest BCUT2D eigenvalue weighted by atomic mass is 10.1. The first-order chi connectivity index (χ1) is 10.7. The van der Waals surface area contributed by atoms with Crippen LogP contribution in [0.4, 0.5) is 13.2 Å². The molecule has 0 N–H and O–H groups in total. The van der Waals surface area contributed by atoms with Crippen LogP contribution in [0.2, 0.25) is 0 Å². The molecule has 2 rings (SSSR count). The van der Waals surface area contributed by atoms with E-state index in [2.05, 4.69) is 9.73 Å².